The highest BCUT2D eigenvalue weighted by Crippen LogP contribution is 2.32. The van der Waals surface area contributed by atoms with Gasteiger partial charge in [-0.25, -0.2) is 4.79 Å². The number of imide groups is 1. The van der Waals surface area contributed by atoms with Crippen LogP contribution >= 0.6 is 0 Å². The van der Waals surface area contributed by atoms with Gasteiger partial charge in [0, 0.05) is 0 Å². The number of rotatable bonds is 2. The van der Waals surface area contributed by atoms with E-state index in [0.29, 0.717) is 6.54 Å². The summed E-state index contributed by atoms with van der Waals surface area (Å²) in [6.45, 7) is 2.40. The molecule has 118 valence electrons. The number of hydrogen-bond donors (Lipinski definition) is 1. The molecule has 0 radical (unpaired) electrons. The second-order valence-electron chi connectivity index (χ2n) is 6.66. The van der Waals surface area contributed by atoms with Gasteiger partial charge in [-0.05, 0) is 25.3 Å². The van der Waals surface area contributed by atoms with Crippen LogP contribution in [-0.2, 0) is 11.3 Å². The highest BCUT2D eigenvalue weighted by molar-refractivity contribution is 6.06. The fourth-order valence-electron chi connectivity index (χ4n) is 3.54. The molecule has 0 aromatic heterocycles. The lowest BCUT2D eigenvalue weighted by atomic mass is 9.84. The number of aryl methyl sites for hydroxylation is 1. The van der Waals surface area contributed by atoms with E-state index < -0.39 is 5.54 Å². The Balaban J connectivity index is 1.76. The number of amides is 3. The third kappa shape index (κ3) is 2.87. The summed E-state index contributed by atoms with van der Waals surface area (Å²) in [5.41, 5.74) is 1.54. The van der Waals surface area contributed by atoms with Gasteiger partial charge in [-0.1, -0.05) is 61.9 Å². The molecule has 1 saturated heterocycles. The minimum atomic E-state index is -0.637. The molecule has 0 atom stereocenters. The molecule has 0 bridgehead atoms. The van der Waals surface area contributed by atoms with E-state index in [0.717, 1.165) is 44.1 Å². The molecular weight excluding hydrogens is 276 g/mol. The Kier molecular flexibility index (Phi) is 4.19. The summed E-state index contributed by atoms with van der Waals surface area (Å²) in [4.78, 5) is 26.6. The second-order valence-corrected chi connectivity index (χ2v) is 6.66. The van der Waals surface area contributed by atoms with Crippen LogP contribution < -0.4 is 5.32 Å². The summed E-state index contributed by atoms with van der Waals surface area (Å²) in [5, 5.41) is 3.01. The Bertz CT molecular complexity index is 557. The van der Waals surface area contributed by atoms with E-state index in [-0.39, 0.29) is 11.9 Å². The zero-order chi connectivity index (χ0) is 15.6. The highest BCUT2D eigenvalue weighted by atomic mass is 16.2. The van der Waals surface area contributed by atoms with E-state index in [1.807, 2.05) is 31.2 Å². The van der Waals surface area contributed by atoms with Crippen LogP contribution in [0.5, 0.6) is 0 Å². The molecular formula is C18H24N2O2. The molecule has 22 heavy (non-hydrogen) atoms. The first kappa shape index (κ1) is 15.1. The lowest BCUT2D eigenvalue weighted by molar-refractivity contribution is -0.132. The summed E-state index contributed by atoms with van der Waals surface area (Å²) >= 11 is 0. The molecule has 3 rings (SSSR count). The summed E-state index contributed by atoms with van der Waals surface area (Å²) in [7, 11) is 0. The van der Waals surface area contributed by atoms with Crippen molar-refractivity contribution in [2.75, 3.05) is 0 Å². The van der Waals surface area contributed by atoms with Gasteiger partial charge < -0.3 is 5.32 Å². The number of hydrogen-bond acceptors (Lipinski definition) is 2. The van der Waals surface area contributed by atoms with E-state index in [4.69, 9.17) is 0 Å². The molecule has 1 aliphatic carbocycles. The van der Waals surface area contributed by atoms with Crippen molar-refractivity contribution >= 4 is 11.9 Å². The minimum absolute atomic E-state index is 0.0278. The predicted molar refractivity (Wildman–Crippen MR) is 85.3 cm³/mol. The van der Waals surface area contributed by atoms with Crippen LogP contribution in [-0.4, -0.2) is 22.4 Å². The van der Waals surface area contributed by atoms with Crippen LogP contribution in [0.3, 0.4) is 0 Å². The van der Waals surface area contributed by atoms with Crippen LogP contribution in [0.1, 0.15) is 56.1 Å². The maximum atomic E-state index is 12.9. The second kappa shape index (κ2) is 6.11. The van der Waals surface area contributed by atoms with Crippen molar-refractivity contribution in [2.45, 2.75) is 64.0 Å². The van der Waals surface area contributed by atoms with Crippen LogP contribution in [0.2, 0.25) is 0 Å². The normalized spacial score (nSPS) is 21.6. The van der Waals surface area contributed by atoms with Crippen molar-refractivity contribution in [1.29, 1.82) is 0 Å². The quantitative estimate of drug-likeness (QED) is 0.849. The Morgan fingerprint density at radius 3 is 2.23 bits per heavy atom. The Morgan fingerprint density at radius 2 is 1.59 bits per heavy atom. The molecule has 2 fully saturated rings. The molecule has 4 nitrogen and oxygen atoms in total. The third-order valence-electron chi connectivity index (χ3n) is 4.91. The fourth-order valence-corrected chi connectivity index (χ4v) is 3.54. The number of nitrogens with one attached hydrogen (secondary N) is 1. The van der Waals surface area contributed by atoms with E-state index in [1.54, 1.807) is 0 Å². The number of benzene rings is 1. The average Bonchev–Trinajstić information content (AvgIpc) is 2.70. The lowest BCUT2D eigenvalue weighted by Gasteiger charge is -2.28. The van der Waals surface area contributed by atoms with Gasteiger partial charge in [-0.2, -0.15) is 0 Å². The molecule has 2 aliphatic rings. The fraction of sp³-hybridized carbons (Fsp3) is 0.556. The maximum absolute atomic E-state index is 12.9. The largest absolute Gasteiger partial charge is 0.325 e. The van der Waals surface area contributed by atoms with Crippen molar-refractivity contribution in [2.24, 2.45) is 0 Å². The predicted octanol–water partition coefficient (Wildman–Crippen LogP) is 3.53. The van der Waals surface area contributed by atoms with Crippen LogP contribution in [0.4, 0.5) is 4.79 Å². The van der Waals surface area contributed by atoms with E-state index in [2.05, 4.69) is 5.32 Å². The number of carbonyl (C=O) groups excluding carboxylic acids is 2. The molecule has 1 aliphatic heterocycles. The van der Waals surface area contributed by atoms with Crippen molar-refractivity contribution in [3.8, 4) is 0 Å². The van der Waals surface area contributed by atoms with E-state index in [1.165, 1.54) is 16.9 Å². The molecule has 4 heteroatoms. The summed E-state index contributed by atoms with van der Waals surface area (Å²) < 4.78 is 0. The first-order valence-corrected chi connectivity index (χ1v) is 8.30. The number of urea groups is 1. The van der Waals surface area contributed by atoms with Crippen LogP contribution in [0.25, 0.3) is 0 Å². The first-order chi connectivity index (χ1) is 10.6. The summed E-state index contributed by atoms with van der Waals surface area (Å²) in [5.74, 6) is -0.0278. The first-order valence-electron chi connectivity index (χ1n) is 8.30. The topological polar surface area (TPSA) is 49.4 Å². The molecule has 1 aromatic rings. The monoisotopic (exact) mass is 300 g/mol. The van der Waals surface area contributed by atoms with E-state index >= 15 is 0 Å². The van der Waals surface area contributed by atoms with Gasteiger partial charge >= 0.3 is 6.03 Å². The number of nitrogens with zero attached hydrogens (tertiary/aromatic N) is 1. The zero-order valence-electron chi connectivity index (χ0n) is 13.2. The van der Waals surface area contributed by atoms with Crippen LogP contribution in [0.15, 0.2) is 24.3 Å². The lowest BCUT2D eigenvalue weighted by Crippen LogP contribution is -2.47. The summed E-state index contributed by atoms with van der Waals surface area (Å²) in [6, 6.07) is 7.77. The highest BCUT2D eigenvalue weighted by Gasteiger charge is 2.50. The minimum Gasteiger partial charge on any atom is -0.323 e. The van der Waals surface area contributed by atoms with Gasteiger partial charge in [0.05, 0.1) is 6.54 Å². The standard InChI is InChI=1S/C18H24N2O2/c1-14-7-9-15(10-8-14)13-20-16(21)18(19-17(20)22)11-5-3-2-4-6-12-18/h7-10H,2-6,11-13H2,1H3,(H,19,22). The Labute approximate surface area is 131 Å². The molecule has 3 amide bonds. The third-order valence-corrected chi connectivity index (χ3v) is 4.91. The van der Waals surface area contributed by atoms with Gasteiger partial charge in [0.1, 0.15) is 5.54 Å². The smallest absolute Gasteiger partial charge is 0.323 e. The van der Waals surface area contributed by atoms with Crippen molar-refractivity contribution < 1.29 is 9.59 Å². The van der Waals surface area contributed by atoms with Crippen molar-refractivity contribution in [3.63, 3.8) is 0 Å². The molecule has 1 saturated carbocycles. The van der Waals surface area contributed by atoms with Gasteiger partial charge in [-0.15, -0.1) is 0 Å². The molecule has 0 unspecified atom stereocenters. The van der Waals surface area contributed by atoms with Gasteiger partial charge in [0.25, 0.3) is 5.91 Å². The number of carbonyl (C=O) groups is 2. The SMILES string of the molecule is Cc1ccc(CN2C(=O)NC3(CCCCCCC3)C2=O)cc1. The summed E-state index contributed by atoms with van der Waals surface area (Å²) in [6.07, 6.45) is 7.15. The van der Waals surface area contributed by atoms with Gasteiger partial charge in [0.15, 0.2) is 0 Å². The zero-order valence-corrected chi connectivity index (χ0v) is 13.2. The Hall–Kier alpha value is -1.84. The molecule has 1 N–H and O–H groups in total. The molecule has 1 heterocycles. The Morgan fingerprint density at radius 1 is 1.00 bits per heavy atom. The van der Waals surface area contributed by atoms with Gasteiger partial charge in [-0.3, -0.25) is 9.69 Å². The van der Waals surface area contributed by atoms with Crippen molar-refractivity contribution in [3.05, 3.63) is 35.4 Å². The van der Waals surface area contributed by atoms with Crippen molar-refractivity contribution in [1.82, 2.24) is 10.2 Å². The maximum Gasteiger partial charge on any atom is 0.325 e. The van der Waals surface area contributed by atoms with Gasteiger partial charge in [0.2, 0.25) is 0 Å². The average molecular weight is 300 g/mol. The molecule has 1 aromatic carbocycles. The van der Waals surface area contributed by atoms with E-state index in [9.17, 15) is 9.59 Å². The van der Waals surface area contributed by atoms with Crippen LogP contribution in [0, 0.1) is 6.92 Å². The molecule has 1 spiro atoms.